The van der Waals surface area contributed by atoms with Gasteiger partial charge < -0.3 is 15.5 Å². The Morgan fingerprint density at radius 2 is 1.74 bits per heavy atom. The van der Waals surface area contributed by atoms with E-state index in [9.17, 15) is 14.4 Å². The van der Waals surface area contributed by atoms with Gasteiger partial charge in [-0.05, 0) is 85.9 Å². The number of fused-ring (bicyclic) bond motifs is 1. The summed E-state index contributed by atoms with van der Waals surface area (Å²) in [4.78, 5) is 44.1. The van der Waals surface area contributed by atoms with Gasteiger partial charge in [-0.3, -0.25) is 19.4 Å². The van der Waals surface area contributed by atoms with Gasteiger partial charge in [0.2, 0.25) is 11.8 Å². The Labute approximate surface area is 202 Å². The molecule has 2 N–H and O–H groups in total. The number of halogens is 1. The molecule has 0 radical (unpaired) electrons. The molecule has 3 unspecified atom stereocenters. The zero-order valence-corrected chi connectivity index (χ0v) is 19.6. The average Bonchev–Trinajstić information content (AvgIpc) is 3.46. The SMILES string of the molecule is O=C(NC1CCCC1NC(=O)C1C=c2cc(Cl)ccc2=N1)c1ccc(N2CCCCC2=O)cc1. The van der Waals surface area contributed by atoms with Gasteiger partial charge >= 0.3 is 0 Å². The number of nitrogens with zero attached hydrogens (tertiary/aromatic N) is 2. The fraction of sp³-hybridized carbons (Fsp3) is 0.385. The number of hydrogen-bond acceptors (Lipinski definition) is 4. The Balaban J connectivity index is 1.20. The molecule has 3 amide bonds. The highest BCUT2D eigenvalue weighted by molar-refractivity contribution is 6.30. The molecule has 3 aliphatic rings. The van der Waals surface area contributed by atoms with E-state index in [-0.39, 0.29) is 29.8 Å². The highest BCUT2D eigenvalue weighted by Gasteiger charge is 2.32. The zero-order chi connectivity index (χ0) is 23.7. The second-order valence-corrected chi connectivity index (χ2v) is 9.56. The van der Waals surface area contributed by atoms with Crippen LogP contribution in [0.4, 0.5) is 5.69 Å². The fourth-order valence-corrected chi connectivity index (χ4v) is 5.15. The van der Waals surface area contributed by atoms with E-state index < -0.39 is 6.04 Å². The van der Waals surface area contributed by atoms with Gasteiger partial charge in [0, 0.05) is 41.3 Å². The van der Waals surface area contributed by atoms with E-state index in [1.807, 2.05) is 24.3 Å². The Morgan fingerprint density at radius 3 is 2.50 bits per heavy atom. The van der Waals surface area contributed by atoms with Crippen LogP contribution in [0.1, 0.15) is 48.9 Å². The van der Waals surface area contributed by atoms with Crippen molar-refractivity contribution < 1.29 is 14.4 Å². The molecule has 0 aromatic heterocycles. The minimum atomic E-state index is -0.588. The van der Waals surface area contributed by atoms with Crippen molar-refractivity contribution in [2.75, 3.05) is 11.4 Å². The lowest BCUT2D eigenvalue weighted by molar-refractivity contribution is -0.122. The number of carbonyl (C=O) groups is 3. The quantitative estimate of drug-likeness (QED) is 0.689. The fourth-order valence-electron chi connectivity index (χ4n) is 4.96. The third kappa shape index (κ3) is 4.71. The molecule has 176 valence electrons. The van der Waals surface area contributed by atoms with E-state index in [1.54, 1.807) is 29.2 Å². The molecule has 3 atom stereocenters. The summed E-state index contributed by atoms with van der Waals surface area (Å²) in [5.74, 6) is -0.221. The first-order valence-corrected chi connectivity index (χ1v) is 12.2. The lowest BCUT2D eigenvalue weighted by atomic mass is 10.1. The molecular formula is C26H27ClN4O3. The van der Waals surface area contributed by atoms with E-state index in [2.05, 4.69) is 15.6 Å². The standard InChI is InChI=1S/C26H27ClN4O3/c27-18-9-12-20-17(14-18)15-23(28-20)26(34)30-22-5-3-4-21(22)29-25(33)16-7-10-19(11-8-16)31-13-2-1-6-24(31)32/h7-12,14-15,21-23H,1-6,13H2,(H,29,33)(H,30,34). The minimum absolute atomic E-state index is 0.130. The zero-order valence-electron chi connectivity index (χ0n) is 18.8. The van der Waals surface area contributed by atoms with Crippen LogP contribution in [0.5, 0.6) is 0 Å². The van der Waals surface area contributed by atoms with E-state index in [4.69, 9.17) is 11.6 Å². The molecule has 0 spiro atoms. The Kier molecular flexibility index (Phi) is 6.37. The van der Waals surface area contributed by atoms with Gasteiger partial charge in [0.1, 0.15) is 6.04 Å². The highest BCUT2D eigenvalue weighted by atomic mass is 35.5. The van der Waals surface area contributed by atoms with Gasteiger partial charge in [0.05, 0.1) is 5.36 Å². The number of anilines is 1. The number of piperidine rings is 1. The maximum absolute atomic E-state index is 12.9. The molecule has 1 saturated heterocycles. The summed E-state index contributed by atoms with van der Waals surface area (Å²) in [6.07, 6.45) is 6.85. The largest absolute Gasteiger partial charge is 0.349 e. The summed E-state index contributed by atoms with van der Waals surface area (Å²) in [6, 6.07) is 11.7. The molecule has 2 aliphatic heterocycles. The molecule has 8 heteroatoms. The molecule has 2 heterocycles. The van der Waals surface area contributed by atoms with E-state index in [0.717, 1.165) is 54.9 Å². The van der Waals surface area contributed by atoms with Crippen molar-refractivity contribution in [3.8, 4) is 0 Å². The van der Waals surface area contributed by atoms with Crippen molar-refractivity contribution >= 4 is 41.1 Å². The number of amides is 3. The third-order valence-electron chi connectivity index (χ3n) is 6.80. The second-order valence-electron chi connectivity index (χ2n) is 9.12. The van der Waals surface area contributed by atoms with Gasteiger partial charge in [-0.25, -0.2) is 0 Å². The number of rotatable bonds is 5. The van der Waals surface area contributed by atoms with Crippen molar-refractivity contribution in [2.45, 2.75) is 56.7 Å². The van der Waals surface area contributed by atoms with Crippen LogP contribution in [0, 0.1) is 0 Å². The molecule has 2 aromatic carbocycles. The van der Waals surface area contributed by atoms with Crippen molar-refractivity contribution in [2.24, 2.45) is 4.99 Å². The van der Waals surface area contributed by atoms with Crippen LogP contribution in [0.2, 0.25) is 5.02 Å². The van der Waals surface area contributed by atoms with Gasteiger partial charge in [0.25, 0.3) is 5.91 Å². The smallest absolute Gasteiger partial charge is 0.251 e. The summed E-state index contributed by atoms with van der Waals surface area (Å²) in [7, 11) is 0. The first-order chi connectivity index (χ1) is 16.5. The summed E-state index contributed by atoms with van der Waals surface area (Å²) in [5.41, 5.74) is 1.36. The topological polar surface area (TPSA) is 90.9 Å². The summed E-state index contributed by atoms with van der Waals surface area (Å²) in [6.45, 7) is 0.719. The van der Waals surface area contributed by atoms with Crippen LogP contribution in [0.25, 0.3) is 6.08 Å². The van der Waals surface area contributed by atoms with Gasteiger partial charge in [-0.1, -0.05) is 11.6 Å². The van der Waals surface area contributed by atoms with Gasteiger partial charge in [-0.15, -0.1) is 0 Å². The van der Waals surface area contributed by atoms with E-state index >= 15 is 0 Å². The number of carbonyl (C=O) groups excluding carboxylic acids is 3. The molecule has 1 aliphatic carbocycles. The predicted molar refractivity (Wildman–Crippen MR) is 130 cm³/mol. The van der Waals surface area contributed by atoms with E-state index in [1.165, 1.54) is 0 Å². The third-order valence-corrected chi connectivity index (χ3v) is 7.03. The molecular weight excluding hydrogens is 452 g/mol. The lowest BCUT2D eigenvalue weighted by Gasteiger charge is -2.27. The van der Waals surface area contributed by atoms with Crippen LogP contribution in [-0.2, 0) is 9.59 Å². The van der Waals surface area contributed by atoms with Crippen LogP contribution in [0.15, 0.2) is 47.5 Å². The summed E-state index contributed by atoms with van der Waals surface area (Å²) >= 11 is 6.04. The molecule has 5 rings (SSSR count). The van der Waals surface area contributed by atoms with E-state index in [0.29, 0.717) is 17.0 Å². The first kappa shape index (κ1) is 22.6. The van der Waals surface area contributed by atoms with Crippen LogP contribution in [0.3, 0.4) is 0 Å². The second kappa shape index (κ2) is 9.58. The van der Waals surface area contributed by atoms with Gasteiger partial charge in [-0.2, -0.15) is 0 Å². The number of nitrogens with one attached hydrogen (secondary N) is 2. The van der Waals surface area contributed by atoms with Crippen molar-refractivity contribution in [3.05, 3.63) is 63.6 Å². The van der Waals surface area contributed by atoms with Crippen LogP contribution >= 0.6 is 11.6 Å². The first-order valence-electron chi connectivity index (χ1n) is 11.8. The molecule has 0 bridgehead atoms. The van der Waals surface area contributed by atoms with Gasteiger partial charge in [0.15, 0.2) is 0 Å². The van der Waals surface area contributed by atoms with Crippen molar-refractivity contribution in [1.29, 1.82) is 0 Å². The molecule has 2 fully saturated rings. The maximum atomic E-state index is 12.9. The maximum Gasteiger partial charge on any atom is 0.251 e. The number of hydrogen-bond donors (Lipinski definition) is 2. The minimum Gasteiger partial charge on any atom is -0.349 e. The summed E-state index contributed by atoms with van der Waals surface area (Å²) in [5, 5.41) is 8.39. The molecule has 34 heavy (non-hydrogen) atoms. The van der Waals surface area contributed by atoms with Crippen LogP contribution < -0.4 is 26.1 Å². The van der Waals surface area contributed by atoms with Crippen LogP contribution in [-0.4, -0.2) is 42.4 Å². The highest BCUT2D eigenvalue weighted by Crippen LogP contribution is 2.23. The van der Waals surface area contributed by atoms with Crippen molar-refractivity contribution in [1.82, 2.24) is 10.6 Å². The monoisotopic (exact) mass is 478 g/mol. The Hall–Kier alpha value is -3.19. The summed E-state index contributed by atoms with van der Waals surface area (Å²) < 4.78 is 0. The Bertz CT molecular complexity index is 1240. The Morgan fingerprint density at radius 1 is 0.971 bits per heavy atom. The molecule has 7 nitrogen and oxygen atoms in total. The number of benzene rings is 2. The molecule has 2 aromatic rings. The molecule has 1 saturated carbocycles. The van der Waals surface area contributed by atoms with Crippen molar-refractivity contribution in [3.63, 3.8) is 0 Å². The average molecular weight is 479 g/mol. The normalized spacial score (nSPS) is 23.6. The lowest BCUT2D eigenvalue weighted by Crippen LogP contribution is -2.50. The predicted octanol–water partition coefficient (Wildman–Crippen LogP) is 2.11.